The molecule has 0 amide bonds. The minimum absolute atomic E-state index is 0.112. The number of nitrogens with one attached hydrogen (secondary N) is 1. The first-order chi connectivity index (χ1) is 9.27. The monoisotopic (exact) mass is 279 g/mol. The van der Waals surface area contributed by atoms with Crippen molar-refractivity contribution in [2.24, 2.45) is 0 Å². The highest BCUT2D eigenvalue weighted by Gasteiger charge is 2.23. The molecule has 0 fully saturated rings. The fraction of sp³-hybridized carbons (Fsp3) is 0.647. The summed E-state index contributed by atoms with van der Waals surface area (Å²) in [6.45, 7) is 13.2. The zero-order valence-electron chi connectivity index (χ0n) is 13.7. The van der Waals surface area contributed by atoms with Crippen LogP contribution in [0.3, 0.4) is 0 Å². The first kappa shape index (κ1) is 17.0. The topological polar surface area (TPSA) is 41.5 Å². The summed E-state index contributed by atoms with van der Waals surface area (Å²) in [4.78, 5) is 0. The highest BCUT2D eigenvalue weighted by Crippen LogP contribution is 2.25. The third-order valence-corrected chi connectivity index (χ3v) is 3.49. The largest absolute Gasteiger partial charge is 0.493 e. The molecule has 0 bridgehead atoms. The van der Waals surface area contributed by atoms with Gasteiger partial charge in [0.25, 0.3) is 0 Å². The Morgan fingerprint density at radius 3 is 2.20 bits per heavy atom. The van der Waals surface area contributed by atoms with Crippen molar-refractivity contribution in [3.63, 3.8) is 0 Å². The number of rotatable bonds is 7. The predicted molar refractivity (Wildman–Crippen MR) is 84.5 cm³/mol. The second kappa shape index (κ2) is 7.09. The van der Waals surface area contributed by atoms with Crippen LogP contribution in [0.15, 0.2) is 12.1 Å². The summed E-state index contributed by atoms with van der Waals surface area (Å²) < 4.78 is 5.95. The second-order valence-electron chi connectivity index (χ2n) is 6.34. The van der Waals surface area contributed by atoms with Gasteiger partial charge in [-0.15, -0.1) is 0 Å². The van der Waals surface area contributed by atoms with Gasteiger partial charge in [0.2, 0.25) is 0 Å². The standard InChI is InChI=1S/C17H29NO2/c1-12(2)18-17(6,11-19)7-8-20-16-14(4)9-13(3)10-15(16)5/h9-10,12,18-19H,7-8,11H2,1-6H3. The lowest BCUT2D eigenvalue weighted by atomic mass is 9.98. The average molecular weight is 279 g/mol. The van der Waals surface area contributed by atoms with Crippen LogP contribution in [0.1, 0.15) is 43.9 Å². The van der Waals surface area contributed by atoms with E-state index in [1.54, 1.807) is 0 Å². The van der Waals surface area contributed by atoms with E-state index < -0.39 is 0 Å². The van der Waals surface area contributed by atoms with E-state index in [2.05, 4.69) is 52.1 Å². The van der Waals surface area contributed by atoms with Crippen molar-refractivity contribution >= 4 is 0 Å². The van der Waals surface area contributed by atoms with Crippen LogP contribution < -0.4 is 10.1 Å². The van der Waals surface area contributed by atoms with Gasteiger partial charge in [0.15, 0.2) is 0 Å². The highest BCUT2D eigenvalue weighted by molar-refractivity contribution is 5.42. The maximum Gasteiger partial charge on any atom is 0.125 e. The van der Waals surface area contributed by atoms with Crippen LogP contribution in [0, 0.1) is 20.8 Å². The molecule has 114 valence electrons. The smallest absolute Gasteiger partial charge is 0.125 e. The maximum atomic E-state index is 9.56. The summed E-state index contributed by atoms with van der Waals surface area (Å²) in [6.07, 6.45) is 0.772. The van der Waals surface area contributed by atoms with Crippen molar-refractivity contribution in [1.82, 2.24) is 5.32 Å². The summed E-state index contributed by atoms with van der Waals surface area (Å²) in [6, 6.07) is 4.62. The maximum absolute atomic E-state index is 9.56. The van der Waals surface area contributed by atoms with Crippen molar-refractivity contribution in [2.45, 2.75) is 59.5 Å². The molecule has 0 saturated carbocycles. The van der Waals surface area contributed by atoms with E-state index in [4.69, 9.17) is 4.74 Å². The van der Waals surface area contributed by atoms with Gasteiger partial charge in [-0.1, -0.05) is 31.5 Å². The summed E-state index contributed by atoms with van der Waals surface area (Å²) >= 11 is 0. The molecule has 3 heteroatoms. The van der Waals surface area contributed by atoms with Gasteiger partial charge in [0.05, 0.1) is 13.2 Å². The Morgan fingerprint density at radius 1 is 1.20 bits per heavy atom. The number of aliphatic hydroxyl groups is 1. The predicted octanol–water partition coefficient (Wildman–Crippen LogP) is 3.13. The molecular formula is C17H29NO2. The second-order valence-corrected chi connectivity index (χ2v) is 6.34. The lowest BCUT2D eigenvalue weighted by Gasteiger charge is -2.31. The van der Waals surface area contributed by atoms with Gasteiger partial charge in [-0.3, -0.25) is 0 Å². The van der Waals surface area contributed by atoms with Crippen LogP contribution in [-0.2, 0) is 0 Å². The molecular weight excluding hydrogens is 250 g/mol. The van der Waals surface area contributed by atoms with Crippen molar-refractivity contribution in [2.75, 3.05) is 13.2 Å². The number of benzene rings is 1. The molecule has 0 saturated heterocycles. The molecule has 0 aromatic heterocycles. The molecule has 0 aliphatic rings. The fourth-order valence-corrected chi connectivity index (χ4v) is 2.67. The summed E-state index contributed by atoms with van der Waals surface area (Å²) in [5.41, 5.74) is 3.31. The number of ether oxygens (including phenoxy) is 1. The Morgan fingerprint density at radius 2 is 1.75 bits per heavy atom. The number of hydrogen-bond acceptors (Lipinski definition) is 3. The van der Waals surface area contributed by atoms with E-state index >= 15 is 0 Å². The molecule has 1 aromatic rings. The first-order valence-corrected chi connectivity index (χ1v) is 7.36. The number of aryl methyl sites for hydroxylation is 3. The Bertz CT molecular complexity index is 420. The minimum Gasteiger partial charge on any atom is -0.493 e. The van der Waals surface area contributed by atoms with Crippen molar-refractivity contribution < 1.29 is 9.84 Å². The minimum atomic E-state index is -0.291. The Kier molecular flexibility index (Phi) is 6.03. The Labute approximate surface area is 123 Å². The van der Waals surface area contributed by atoms with Crippen molar-refractivity contribution in [3.05, 3.63) is 28.8 Å². The van der Waals surface area contributed by atoms with Gasteiger partial charge in [-0.25, -0.2) is 0 Å². The van der Waals surface area contributed by atoms with Crippen molar-refractivity contribution in [1.29, 1.82) is 0 Å². The highest BCUT2D eigenvalue weighted by atomic mass is 16.5. The van der Waals surface area contributed by atoms with Crippen LogP contribution in [0.4, 0.5) is 0 Å². The normalized spacial score (nSPS) is 14.4. The molecule has 3 nitrogen and oxygen atoms in total. The third kappa shape index (κ3) is 4.80. The first-order valence-electron chi connectivity index (χ1n) is 7.36. The quantitative estimate of drug-likeness (QED) is 0.805. The van der Waals surface area contributed by atoms with E-state index in [9.17, 15) is 5.11 Å². The molecule has 1 aromatic carbocycles. The molecule has 0 radical (unpaired) electrons. The summed E-state index contributed by atoms with van der Waals surface area (Å²) in [5.74, 6) is 0.973. The summed E-state index contributed by atoms with van der Waals surface area (Å²) in [5, 5.41) is 13.0. The molecule has 0 spiro atoms. The Balaban J connectivity index is 2.64. The molecule has 1 unspecified atom stereocenters. The molecule has 0 aliphatic carbocycles. The van der Waals surface area contributed by atoms with Crippen LogP contribution in [-0.4, -0.2) is 29.9 Å². The van der Waals surface area contributed by atoms with Gasteiger partial charge < -0.3 is 15.2 Å². The van der Waals surface area contributed by atoms with Crippen LogP contribution in [0.25, 0.3) is 0 Å². The molecule has 2 N–H and O–H groups in total. The fourth-order valence-electron chi connectivity index (χ4n) is 2.67. The number of hydrogen-bond donors (Lipinski definition) is 2. The van der Waals surface area contributed by atoms with E-state index in [-0.39, 0.29) is 12.1 Å². The lowest BCUT2D eigenvalue weighted by Crippen LogP contribution is -2.50. The zero-order valence-corrected chi connectivity index (χ0v) is 13.7. The van der Waals surface area contributed by atoms with Gasteiger partial charge in [0.1, 0.15) is 5.75 Å². The Hall–Kier alpha value is -1.06. The average Bonchev–Trinajstić information content (AvgIpc) is 2.31. The SMILES string of the molecule is Cc1cc(C)c(OCCC(C)(CO)NC(C)C)c(C)c1. The molecule has 0 aliphatic heterocycles. The third-order valence-electron chi connectivity index (χ3n) is 3.49. The zero-order chi connectivity index (χ0) is 15.3. The number of aliphatic hydroxyl groups excluding tert-OH is 1. The van der Waals surface area contributed by atoms with E-state index in [1.165, 1.54) is 16.7 Å². The summed E-state index contributed by atoms with van der Waals surface area (Å²) in [7, 11) is 0. The van der Waals surface area contributed by atoms with Gasteiger partial charge in [0, 0.05) is 18.0 Å². The van der Waals surface area contributed by atoms with Crippen molar-refractivity contribution in [3.8, 4) is 5.75 Å². The van der Waals surface area contributed by atoms with Crippen LogP contribution in [0.5, 0.6) is 5.75 Å². The molecule has 0 heterocycles. The van der Waals surface area contributed by atoms with Gasteiger partial charge >= 0.3 is 0 Å². The van der Waals surface area contributed by atoms with Crippen LogP contribution in [0.2, 0.25) is 0 Å². The van der Waals surface area contributed by atoms with Gasteiger partial charge in [-0.05, 0) is 38.8 Å². The molecule has 20 heavy (non-hydrogen) atoms. The van der Waals surface area contributed by atoms with Crippen LogP contribution >= 0.6 is 0 Å². The van der Waals surface area contributed by atoms with Gasteiger partial charge in [-0.2, -0.15) is 0 Å². The van der Waals surface area contributed by atoms with E-state index in [0.717, 1.165) is 12.2 Å². The molecule has 1 rings (SSSR count). The lowest BCUT2D eigenvalue weighted by molar-refractivity contribution is 0.136. The van der Waals surface area contributed by atoms with E-state index in [0.29, 0.717) is 12.6 Å². The van der Waals surface area contributed by atoms with E-state index in [1.807, 2.05) is 6.92 Å². The molecule has 1 atom stereocenters.